The zero-order valence-corrected chi connectivity index (χ0v) is 76.6. The first-order valence-corrected chi connectivity index (χ1v) is 45.7. The molecule has 0 bridgehead atoms. The minimum atomic E-state index is -1.60. The van der Waals surface area contributed by atoms with Crippen molar-refractivity contribution in [2.45, 2.75) is 216 Å². The molecule has 35 nitrogen and oxygen atoms in total. The standard InChI is InChI=1S/C94H125F2N17O18S/c1-9-10-24-76(93(130)113-41-18-25-74(113)88(125)103-64(52-114)48-82(119)120)109(6)92(129)78(46-57-19-12-11-13-20-57)111(8)90(127)72(44-58-27-33-62(95)34-28-58)104-81(118)54-132-53-73(84(121)102-51-80(98)117)108-85(122)69(42-55(2)3)105-86(123)70(43-59-31-37-65(115)38-32-59)106-87(124)71(47-61-49-100-67-22-15-14-21-66(61)67)107-89(126)75-26-17-40-112(75)91(128)68(23-16-39-97)101-50-79(116)77(45-60-29-35-63(96)36-30-60)110(7)94(131)83(99)56(4)5/h11-15,19-22,27-38,49,52,55-56,64,68-78,83,100-101,115H,9-10,16-18,23-26,39-48,50-51,53-54,97,99H2,1-8H3,(H2,98,117)(H,102,121)(H,103,125)(H,104,118)(H,105,123)(H,106,124)(H,107,126)(H,108,122)(H,119,120)/t64-,68-,69-,70-,71-,72-,73-,74+,75+,76-,77-,78-,83-/m0/s1. The number of hydrogen-bond donors (Lipinski definition) is 14. The van der Waals surface area contributed by atoms with Gasteiger partial charge in [-0.2, -0.15) is 0 Å². The Morgan fingerprint density at radius 3 is 1.67 bits per heavy atom. The number of likely N-dealkylation sites (tertiary alicyclic amines) is 2. The number of H-pyrrole nitrogens is 1. The van der Waals surface area contributed by atoms with Gasteiger partial charge in [0.1, 0.15) is 78.0 Å². The second kappa shape index (κ2) is 51.3. The summed E-state index contributed by atoms with van der Waals surface area (Å²) >= 11 is 0.791. The number of ketones is 1. The van der Waals surface area contributed by atoms with Gasteiger partial charge in [-0.25, -0.2) is 8.78 Å². The van der Waals surface area contributed by atoms with Crippen LogP contribution in [0.2, 0.25) is 0 Å². The van der Waals surface area contributed by atoms with Crippen LogP contribution in [0, 0.1) is 23.5 Å². The molecule has 2 aliphatic heterocycles. The number of aliphatic carboxylic acids is 1. The van der Waals surface area contributed by atoms with Gasteiger partial charge in [-0.3, -0.25) is 77.2 Å². The number of phenols is 1. The molecular formula is C94H125F2N17O18S. The number of Topliss-reactive ketones (excluding diaryl/α,β-unsaturated/α-hetero) is 1. The zero-order valence-electron chi connectivity index (χ0n) is 75.8. The number of aromatic nitrogens is 1. The minimum Gasteiger partial charge on any atom is -0.508 e. The number of phenolic OH excluding ortho intramolecular Hbond substituents is 1. The number of nitrogens with one attached hydrogen (secondary N) is 9. The summed E-state index contributed by atoms with van der Waals surface area (Å²) in [6.07, 6.45) is 2.81. The van der Waals surface area contributed by atoms with Gasteiger partial charge in [-0.15, -0.1) is 11.8 Å². The van der Waals surface area contributed by atoms with Crippen molar-refractivity contribution in [2.75, 3.05) is 65.4 Å². The Hall–Kier alpha value is -12.6. The van der Waals surface area contributed by atoms with Crippen LogP contribution in [-0.4, -0.2) is 278 Å². The number of primary amides is 1. The van der Waals surface area contributed by atoms with Crippen molar-refractivity contribution >= 4 is 117 Å². The van der Waals surface area contributed by atoms with Crippen LogP contribution in [0.25, 0.3) is 10.9 Å². The van der Waals surface area contributed by atoms with E-state index in [1.54, 1.807) is 88.5 Å². The Kier molecular flexibility index (Phi) is 40.7. The van der Waals surface area contributed by atoms with Gasteiger partial charge in [-0.05, 0) is 140 Å². The topological polar surface area (TPSA) is 520 Å². The Labute approximate surface area is 770 Å². The van der Waals surface area contributed by atoms with Crippen molar-refractivity contribution in [2.24, 2.45) is 29.0 Å². The van der Waals surface area contributed by atoms with E-state index in [-0.39, 0.29) is 108 Å². The summed E-state index contributed by atoms with van der Waals surface area (Å²) in [6, 6.07) is 14.9. The monoisotopic (exact) mass is 1850 g/mol. The predicted molar refractivity (Wildman–Crippen MR) is 490 cm³/mol. The van der Waals surface area contributed by atoms with E-state index in [2.05, 4.69) is 47.5 Å². The largest absolute Gasteiger partial charge is 0.508 e. The van der Waals surface area contributed by atoms with E-state index in [1.807, 2.05) is 6.92 Å². The maximum Gasteiger partial charge on any atom is 0.305 e. The van der Waals surface area contributed by atoms with E-state index >= 15 is 28.8 Å². The number of aromatic hydroxyl groups is 1. The van der Waals surface area contributed by atoms with Gasteiger partial charge in [-0.1, -0.05) is 132 Å². The summed E-state index contributed by atoms with van der Waals surface area (Å²) in [4.78, 5) is 237. The number of nitrogens with two attached hydrogens (primary N) is 3. The molecule has 8 rings (SSSR count). The number of aldehydes is 1. The molecule has 1 aromatic heterocycles. The lowest BCUT2D eigenvalue weighted by Gasteiger charge is -2.38. The first-order chi connectivity index (χ1) is 62.9. The van der Waals surface area contributed by atoms with Crippen LogP contribution in [0.4, 0.5) is 8.78 Å². The molecule has 13 atom stereocenters. The van der Waals surface area contributed by atoms with Crippen LogP contribution in [0.3, 0.4) is 0 Å². The maximum absolute atomic E-state index is 15.4. The number of carbonyl (C=O) groups is 16. The number of thioether (sulfide) groups is 1. The number of aromatic amines is 1. The highest BCUT2D eigenvalue weighted by atomic mass is 32.2. The van der Waals surface area contributed by atoms with Crippen LogP contribution in [0.1, 0.15) is 133 Å². The van der Waals surface area contributed by atoms with E-state index in [1.165, 1.54) is 101 Å². The van der Waals surface area contributed by atoms with Gasteiger partial charge >= 0.3 is 5.97 Å². The number of carbonyl (C=O) groups excluding carboxylic acids is 15. The Morgan fingerprint density at radius 1 is 0.561 bits per heavy atom. The Balaban J connectivity index is 1.02. The quantitative estimate of drug-likeness (QED) is 0.0244. The number of rotatable bonds is 52. The molecule has 0 radical (unpaired) electrons. The number of fused-ring (bicyclic) bond motifs is 1. The molecule has 0 aliphatic carbocycles. The lowest BCUT2D eigenvalue weighted by Crippen LogP contribution is -2.60. The van der Waals surface area contributed by atoms with Crippen molar-refractivity contribution in [1.29, 1.82) is 0 Å². The summed E-state index contributed by atoms with van der Waals surface area (Å²) in [6.45, 7) is 8.06. The molecule has 0 saturated carbocycles. The van der Waals surface area contributed by atoms with Gasteiger partial charge in [0.2, 0.25) is 76.8 Å². The molecule has 38 heteroatoms. The molecule has 5 aromatic carbocycles. The van der Waals surface area contributed by atoms with Crippen molar-refractivity contribution in [1.82, 2.24) is 72.0 Å². The Morgan fingerprint density at radius 2 is 1.08 bits per heavy atom. The van der Waals surface area contributed by atoms with Crippen LogP contribution in [0.15, 0.2) is 134 Å². The fourth-order valence-electron chi connectivity index (χ4n) is 16.1. The third kappa shape index (κ3) is 30.8. The summed E-state index contributed by atoms with van der Waals surface area (Å²) in [5, 5.41) is 42.2. The average Bonchev–Trinajstić information content (AvgIpc) is 1.56. The summed E-state index contributed by atoms with van der Waals surface area (Å²) < 4.78 is 28.6. The number of benzene rings is 5. The molecule has 2 fully saturated rings. The van der Waals surface area contributed by atoms with Gasteiger partial charge in [0.25, 0.3) is 0 Å². The van der Waals surface area contributed by atoms with E-state index in [9.17, 15) is 66.9 Å². The second-order valence-electron chi connectivity index (χ2n) is 34.3. The van der Waals surface area contributed by atoms with Gasteiger partial charge in [0, 0.05) is 89.2 Å². The molecule has 132 heavy (non-hydrogen) atoms. The molecule has 13 amide bonds. The molecule has 0 unspecified atom stereocenters. The SMILES string of the molecule is CCCC[C@@H](C(=O)N1CCC[C@@H]1C(=O)N[C@H](C=O)CC(=O)O)N(C)C(=O)[C@H](Cc1ccccc1)N(C)C(=O)[C@H](Cc1ccc(F)cc1)NC(=O)CSC[C@H](NC(=O)[C@H](CC(C)C)NC(=O)[C@H](Cc1ccc(O)cc1)NC(=O)[C@H](Cc1c[nH]c2ccccc12)NC(=O)[C@H]1CCCN1C(=O)[C@H](CCCN)NCC(=O)[C@H](Cc1ccc(F)cc1)N(C)C(=O)[C@@H](N)C(C)C)C(=O)NCC(N)=O. The fraction of sp³-hybridized carbons (Fsp3) is 0.489. The first kappa shape index (κ1) is 105. The number of amides is 13. The summed E-state index contributed by atoms with van der Waals surface area (Å²) in [7, 11) is 4.20. The normalized spacial score (nSPS) is 16.2. The van der Waals surface area contributed by atoms with Crippen molar-refractivity contribution in [3.8, 4) is 5.75 Å². The average molecular weight is 1850 g/mol. The lowest BCUT2D eigenvalue weighted by molar-refractivity contribution is -0.152. The van der Waals surface area contributed by atoms with Crippen LogP contribution in [-0.2, 0) is 109 Å². The zero-order chi connectivity index (χ0) is 96.6. The van der Waals surface area contributed by atoms with Crippen LogP contribution >= 0.6 is 11.8 Å². The fourth-order valence-corrected chi connectivity index (χ4v) is 16.9. The number of para-hydroxylation sites is 1. The molecule has 0 spiro atoms. The van der Waals surface area contributed by atoms with E-state index in [0.29, 0.717) is 70.8 Å². The molecule has 17 N–H and O–H groups in total. The number of likely N-dealkylation sites (N-methyl/N-ethyl adjacent to an activating group) is 3. The predicted octanol–water partition coefficient (Wildman–Crippen LogP) is 2.53. The number of carboxylic acids is 1. The minimum absolute atomic E-state index is 0.0142. The van der Waals surface area contributed by atoms with E-state index < -0.39 is 210 Å². The Bertz CT molecular complexity index is 4980. The summed E-state index contributed by atoms with van der Waals surface area (Å²) in [5.41, 5.74) is 20.9. The van der Waals surface area contributed by atoms with Crippen LogP contribution < -0.4 is 59.7 Å². The first-order valence-electron chi connectivity index (χ1n) is 44.5. The van der Waals surface area contributed by atoms with E-state index in [4.69, 9.17) is 17.2 Å². The highest BCUT2D eigenvalue weighted by Crippen LogP contribution is 2.28. The number of carboxylic acid groups (broad SMARTS) is 1. The van der Waals surface area contributed by atoms with Gasteiger partial charge in [0.05, 0.1) is 49.4 Å². The van der Waals surface area contributed by atoms with Crippen molar-refractivity contribution in [3.63, 3.8) is 0 Å². The highest BCUT2D eigenvalue weighted by molar-refractivity contribution is 8.00. The lowest BCUT2D eigenvalue weighted by atomic mass is 9.98. The number of nitrogens with zero attached hydrogens (tertiary/aromatic N) is 5. The van der Waals surface area contributed by atoms with Crippen molar-refractivity contribution < 1.29 is 95.7 Å². The van der Waals surface area contributed by atoms with Crippen molar-refractivity contribution in [3.05, 3.63) is 173 Å². The van der Waals surface area contributed by atoms with Gasteiger partial charge in [0.15, 0.2) is 5.78 Å². The highest BCUT2D eigenvalue weighted by Gasteiger charge is 2.45. The maximum atomic E-state index is 15.4. The summed E-state index contributed by atoms with van der Waals surface area (Å²) in [5.74, 6) is -14.9. The number of unbranched alkanes of at least 4 members (excludes halogenated alkanes) is 1. The molecular weight excluding hydrogens is 1730 g/mol. The smallest absolute Gasteiger partial charge is 0.305 e. The number of hydrogen-bond acceptors (Lipinski definition) is 21. The van der Waals surface area contributed by atoms with Gasteiger partial charge < -0.3 is 98.9 Å². The molecule has 6 aromatic rings. The molecule has 3 heterocycles. The molecule has 714 valence electrons. The third-order valence-corrected chi connectivity index (χ3v) is 24.6. The third-order valence-electron chi connectivity index (χ3n) is 23.6. The molecule has 2 saturated heterocycles. The van der Waals surface area contributed by atoms with E-state index in [0.717, 1.165) is 28.8 Å². The number of halogens is 2. The second-order valence-corrected chi connectivity index (χ2v) is 35.4. The van der Waals surface area contributed by atoms with Crippen LogP contribution in [0.5, 0.6) is 5.75 Å². The molecule has 2 aliphatic rings.